The lowest BCUT2D eigenvalue weighted by Crippen LogP contribution is -2.80. The Bertz CT molecular complexity index is 915. The first kappa shape index (κ1) is 18.4. The van der Waals surface area contributed by atoms with Crippen molar-refractivity contribution in [2.24, 2.45) is 0 Å². The first-order valence-corrected chi connectivity index (χ1v) is 11.1. The van der Waals surface area contributed by atoms with Crippen molar-refractivity contribution in [2.45, 2.75) is 12.3 Å². The number of quaternary nitrogens is 2. The molecule has 2 atom stereocenters. The second-order valence-electron chi connectivity index (χ2n) is 9.20. The van der Waals surface area contributed by atoms with E-state index in [1.807, 2.05) is 60.7 Å². The predicted octanol–water partition coefficient (Wildman–Crippen LogP) is 1.61. The van der Waals surface area contributed by atoms with Crippen molar-refractivity contribution in [3.63, 3.8) is 0 Å². The van der Waals surface area contributed by atoms with Crippen LogP contribution in [-0.2, 0) is 0 Å². The van der Waals surface area contributed by atoms with E-state index < -0.39 is 0 Å². The fourth-order valence-corrected chi connectivity index (χ4v) is 6.57. The van der Waals surface area contributed by atoms with Gasteiger partial charge in [-0.25, -0.2) is 28.4 Å². The molecule has 6 rings (SSSR count). The van der Waals surface area contributed by atoms with Gasteiger partial charge in [0.25, 0.3) is 0 Å². The average molecular weight is 405 g/mol. The summed E-state index contributed by atoms with van der Waals surface area (Å²) in [4.78, 5) is 32.7. The van der Waals surface area contributed by atoms with Gasteiger partial charge in [-0.1, -0.05) is 36.4 Å². The largest absolute Gasteiger partial charge is 0.347 e. The zero-order valence-corrected chi connectivity index (χ0v) is 17.2. The molecule has 154 valence electrons. The summed E-state index contributed by atoms with van der Waals surface area (Å²) in [6, 6.07) is 19.5. The van der Waals surface area contributed by atoms with E-state index in [0.717, 1.165) is 63.5 Å². The summed E-state index contributed by atoms with van der Waals surface area (Å²) in [5.41, 5.74) is 1.59. The number of piperazine rings is 2. The molecule has 4 heterocycles. The molecule has 0 aromatic heterocycles. The smallest absolute Gasteiger partial charge is 0.236 e. The fraction of sp³-hybridized carbons (Fsp3) is 0.417. The number of hydrogen-bond acceptors (Lipinski definition) is 4. The summed E-state index contributed by atoms with van der Waals surface area (Å²) in [6.07, 6.45) is 0.130. The topological polar surface area (TPSA) is 40.6 Å². The third kappa shape index (κ3) is 2.33. The van der Waals surface area contributed by atoms with Crippen molar-refractivity contribution >= 4 is 11.8 Å². The van der Waals surface area contributed by atoms with Gasteiger partial charge in [0.05, 0.1) is 37.3 Å². The molecule has 4 aliphatic heterocycles. The molecule has 0 N–H and O–H groups in total. The summed E-state index contributed by atoms with van der Waals surface area (Å²) in [7, 11) is 0. The first-order chi connectivity index (χ1) is 14.7. The van der Waals surface area contributed by atoms with Gasteiger partial charge in [0, 0.05) is 0 Å². The van der Waals surface area contributed by atoms with Gasteiger partial charge in [-0.3, -0.25) is 0 Å². The Morgan fingerprint density at radius 3 is 1.27 bits per heavy atom. The van der Waals surface area contributed by atoms with E-state index in [9.17, 15) is 9.59 Å². The van der Waals surface area contributed by atoms with Crippen molar-refractivity contribution in [2.75, 3.05) is 52.4 Å². The summed E-state index contributed by atoms with van der Waals surface area (Å²) in [6.45, 7) is 7.02. The van der Waals surface area contributed by atoms with E-state index in [4.69, 9.17) is 0 Å². The molecule has 2 aromatic rings. The number of carbonyl (C=O) groups is 2. The minimum Gasteiger partial charge on any atom is -0.236 e. The first-order valence-electron chi connectivity index (χ1n) is 11.1. The molecule has 30 heavy (non-hydrogen) atoms. The molecule has 0 saturated carbocycles. The zero-order chi connectivity index (χ0) is 20.3. The highest BCUT2D eigenvalue weighted by Crippen LogP contribution is 2.44. The van der Waals surface area contributed by atoms with E-state index in [1.165, 1.54) is 0 Å². The van der Waals surface area contributed by atoms with Crippen LogP contribution in [0.15, 0.2) is 60.7 Å². The molecule has 0 radical (unpaired) electrons. The number of hydrogen-bond donors (Lipinski definition) is 0. The van der Waals surface area contributed by atoms with E-state index in [-0.39, 0.29) is 24.1 Å². The van der Waals surface area contributed by atoms with Crippen LogP contribution in [0.2, 0.25) is 0 Å². The molecule has 4 fully saturated rings. The lowest BCUT2D eigenvalue weighted by Gasteiger charge is -2.54. The van der Waals surface area contributed by atoms with Crippen molar-refractivity contribution in [1.29, 1.82) is 0 Å². The normalized spacial score (nSPS) is 35.2. The number of rotatable bonds is 2. The van der Waals surface area contributed by atoms with Crippen molar-refractivity contribution in [3.05, 3.63) is 71.8 Å². The van der Waals surface area contributed by atoms with Crippen LogP contribution in [0.4, 0.5) is 0 Å². The van der Waals surface area contributed by atoms with Crippen molar-refractivity contribution in [1.82, 2.24) is 9.80 Å². The van der Waals surface area contributed by atoms with Crippen LogP contribution in [0.25, 0.3) is 0 Å². The lowest BCUT2D eigenvalue weighted by atomic mass is 10.0. The number of benzene rings is 2. The highest BCUT2D eigenvalue weighted by atomic mass is 16.2. The summed E-state index contributed by atoms with van der Waals surface area (Å²) >= 11 is 0. The maximum Gasteiger partial charge on any atom is 0.347 e. The summed E-state index contributed by atoms with van der Waals surface area (Å²) < 4.78 is 0.959. The Kier molecular flexibility index (Phi) is 4.02. The van der Waals surface area contributed by atoms with Crippen LogP contribution in [0.5, 0.6) is 0 Å². The SMILES string of the molecule is O=C(c1ccccc1)[N+]12CCN3CC[N+]4(C(=O)c5ccccc5)CCN(CC1)C4C32. The van der Waals surface area contributed by atoms with Gasteiger partial charge < -0.3 is 0 Å². The van der Waals surface area contributed by atoms with Gasteiger partial charge in [-0.15, -0.1) is 0 Å². The van der Waals surface area contributed by atoms with Crippen LogP contribution in [-0.4, -0.2) is 95.3 Å². The van der Waals surface area contributed by atoms with E-state index in [0.29, 0.717) is 8.97 Å². The van der Waals surface area contributed by atoms with Gasteiger partial charge in [0.1, 0.15) is 26.2 Å². The molecule has 6 nitrogen and oxygen atoms in total. The fourth-order valence-electron chi connectivity index (χ4n) is 6.57. The third-order valence-corrected chi connectivity index (χ3v) is 8.02. The molecular weight excluding hydrogens is 376 g/mol. The van der Waals surface area contributed by atoms with Gasteiger partial charge in [-0.2, -0.15) is 0 Å². The molecule has 4 aliphatic rings. The predicted molar refractivity (Wildman–Crippen MR) is 112 cm³/mol. The Balaban J connectivity index is 1.44. The molecule has 2 unspecified atom stereocenters. The Hall–Kier alpha value is -2.38. The van der Waals surface area contributed by atoms with E-state index in [1.54, 1.807) is 0 Å². The molecule has 2 amide bonds. The average Bonchev–Trinajstić information content (AvgIpc) is 3.38. The zero-order valence-electron chi connectivity index (χ0n) is 17.2. The van der Waals surface area contributed by atoms with E-state index in [2.05, 4.69) is 9.80 Å². The molecule has 2 aromatic carbocycles. The molecule has 0 bridgehead atoms. The highest BCUT2D eigenvalue weighted by molar-refractivity contribution is 5.90. The lowest BCUT2D eigenvalue weighted by molar-refractivity contribution is -0.956. The van der Waals surface area contributed by atoms with Crippen LogP contribution >= 0.6 is 0 Å². The highest BCUT2D eigenvalue weighted by Gasteiger charge is 2.71. The Morgan fingerprint density at radius 1 is 0.600 bits per heavy atom. The van der Waals surface area contributed by atoms with Gasteiger partial charge in [0.15, 0.2) is 0 Å². The van der Waals surface area contributed by atoms with Crippen LogP contribution in [0.3, 0.4) is 0 Å². The molecule has 0 spiro atoms. The van der Waals surface area contributed by atoms with Crippen LogP contribution in [0, 0.1) is 0 Å². The number of carbonyl (C=O) groups excluding carboxylic acids is 2. The maximum absolute atomic E-state index is 13.8. The second-order valence-corrected chi connectivity index (χ2v) is 9.20. The van der Waals surface area contributed by atoms with Crippen molar-refractivity contribution < 1.29 is 18.6 Å². The monoisotopic (exact) mass is 404 g/mol. The van der Waals surface area contributed by atoms with Gasteiger partial charge in [-0.05, 0) is 24.3 Å². The van der Waals surface area contributed by atoms with Gasteiger partial charge >= 0.3 is 11.8 Å². The maximum atomic E-state index is 13.8. The standard InChI is InChI=1S/C24H28N4O2/c29-23(19-7-3-1-4-8-19)27-15-11-25-14-18-28(24(30)20-9-5-2-6-10-20)16-12-26(13-17-27)22(28)21(25)27/h1-10,21-22H,11-18H2/q+2. The molecule has 0 aliphatic carbocycles. The van der Waals surface area contributed by atoms with E-state index >= 15 is 0 Å². The van der Waals surface area contributed by atoms with Gasteiger partial charge in [0.2, 0.25) is 12.3 Å². The Labute approximate surface area is 177 Å². The quantitative estimate of drug-likeness (QED) is 0.714. The third-order valence-electron chi connectivity index (χ3n) is 8.02. The molecule has 4 saturated heterocycles. The number of nitrogens with zero attached hydrogens (tertiary/aromatic N) is 4. The van der Waals surface area contributed by atoms with Crippen LogP contribution < -0.4 is 0 Å². The molecule has 6 heteroatoms. The number of amides is 2. The minimum atomic E-state index is 0.0652. The minimum absolute atomic E-state index is 0.0652. The second kappa shape index (κ2) is 6.56. The van der Waals surface area contributed by atoms with Crippen molar-refractivity contribution in [3.8, 4) is 0 Å². The summed E-state index contributed by atoms with van der Waals surface area (Å²) in [5, 5.41) is 0. The van der Waals surface area contributed by atoms with Crippen LogP contribution in [0.1, 0.15) is 20.7 Å². The molecular formula is C24H28N4O2+2. The Morgan fingerprint density at radius 2 is 0.933 bits per heavy atom. The summed E-state index contributed by atoms with van der Waals surface area (Å²) in [5.74, 6) is 0.448.